The van der Waals surface area contributed by atoms with Crippen molar-refractivity contribution in [2.75, 3.05) is 11.9 Å². The normalized spacial score (nSPS) is 17.0. The van der Waals surface area contributed by atoms with Crippen molar-refractivity contribution in [1.29, 1.82) is 0 Å². The van der Waals surface area contributed by atoms with Crippen LogP contribution in [0.2, 0.25) is 0 Å². The molecule has 1 aromatic heterocycles. The molecule has 2 aromatic rings. The van der Waals surface area contributed by atoms with Crippen molar-refractivity contribution in [2.45, 2.75) is 46.6 Å². The molecule has 2 N–H and O–H groups in total. The summed E-state index contributed by atoms with van der Waals surface area (Å²) in [4.78, 5) is 27.0. The van der Waals surface area contributed by atoms with Crippen LogP contribution in [0.1, 0.15) is 47.0 Å². The Labute approximate surface area is 147 Å². The van der Waals surface area contributed by atoms with E-state index in [1.165, 1.54) is 0 Å². The number of aromatic amines is 1. The summed E-state index contributed by atoms with van der Waals surface area (Å²) < 4.78 is 0. The van der Waals surface area contributed by atoms with Crippen LogP contribution < -0.4 is 5.32 Å². The highest BCUT2D eigenvalue weighted by Gasteiger charge is 2.35. The zero-order valence-electron chi connectivity index (χ0n) is 15.1. The second-order valence-electron chi connectivity index (χ2n) is 6.78. The SMILES string of the molecule is Cc1ccc(C)c(NC(=O)C(=O)N2CCC[C@@H]2c2c(C)n[nH]c2C)c1. The monoisotopic (exact) mass is 340 g/mol. The molecule has 6 heteroatoms. The molecule has 2 heterocycles. The lowest BCUT2D eigenvalue weighted by Gasteiger charge is -2.24. The number of H-pyrrole nitrogens is 1. The fourth-order valence-corrected chi connectivity index (χ4v) is 3.54. The molecule has 0 bridgehead atoms. The number of nitrogens with one attached hydrogen (secondary N) is 2. The molecule has 1 aliphatic rings. The van der Waals surface area contributed by atoms with Gasteiger partial charge in [-0.05, 0) is 57.7 Å². The van der Waals surface area contributed by atoms with Gasteiger partial charge in [0.25, 0.3) is 0 Å². The maximum Gasteiger partial charge on any atom is 0.313 e. The maximum absolute atomic E-state index is 12.8. The Kier molecular flexibility index (Phi) is 4.61. The van der Waals surface area contributed by atoms with Crippen LogP contribution in [0.25, 0.3) is 0 Å². The van der Waals surface area contributed by atoms with E-state index in [1.54, 1.807) is 4.90 Å². The standard InChI is InChI=1S/C19H24N4O2/c1-11-7-8-12(2)15(10-11)20-18(24)19(25)23-9-5-6-16(23)17-13(3)21-22-14(17)4/h7-8,10,16H,5-6,9H2,1-4H3,(H,20,24)(H,21,22)/t16-/m1/s1. The molecule has 1 fully saturated rings. The van der Waals surface area contributed by atoms with Crippen LogP contribution in [0.3, 0.4) is 0 Å². The molecular weight excluding hydrogens is 316 g/mol. The Morgan fingerprint density at radius 3 is 2.68 bits per heavy atom. The Morgan fingerprint density at radius 2 is 2.00 bits per heavy atom. The van der Waals surface area contributed by atoms with Gasteiger partial charge >= 0.3 is 11.8 Å². The van der Waals surface area contributed by atoms with Gasteiger partial charge in [0.2, 0.25) is 0 Å². The summed E-state index contributed by atoms with van der Waals surface area (Å²) in [6, 6.07) is 5.71. The molecule has 1 aliphatic heterocycles. The van der Waals surface area contributed by atoms with Crippen LogP contribution in [-0.2, 0) is 9.59 Å². The van der Waals surface area contributed by atoms with Gasteiger partial charge in [-0.15, -0.1) is 0 Å². The number of anilines is 1. The number of benzene rings is 1. The predicted molar refractivity (Wildman–Crippen MR) is 96.3 cm³/mol. The summed E-state index contributed by atoms with van der Waals surface area (Å²) in [5.41, 5.74) is 5.53. The van der Waals surface area contributed by atoms with E-state index in [0.29, 0.717) is 12.2 Å². The lowest BCUT2D eigenvalue weighted by atomic mass is 10.0. The number of nitrogens with zero attached hydrogens (tertiary/aromatic N) is 2. The molecular formula is C19H24N4O2. The van der Waals surface area contributed by atoms with Gasteiger partial charge in [0.05, 0.1) is 11.7 Å². The number of hydrogen-bond acceptors (Lipinski definition) is 3. The van der Waals surface area contributed by atoms with E-state index in [1.807, 2.05) is 45.9 Å². The third-order valence-electron chi connectivity index (χ3n) is 4.87. The maximum atomic E-state index is 12.8. The zero-order valence-corrected chi connectivity index (χ0v) is 15.1. The largest absolute Gasteiger partial charge is 0.327 e. The smallest absolute Gasteiger partial charge is 0.313 e. The van der Waals surface area contributed by atoms with Crippen molar-refractivity contribution >= 4 is 17.5 Å². The molecule has 6 nitrogen and oxygen atoms in total. The van der Waals surface area contributed by atoms with Gasteiger partial charge in [0.15, 0.2) is 0 Å². The number of hydrogen-bond donors (Lipinski definition) is 2. The topological polar surface area (TPSA) is 78.1 Å². The van der Waals surface area contributed by atoms with Gasteiger partial charge in [-0.1, -0.05) is 12.1 Å². The van der Waals surface area contributed by atoms with Crippen molar-refractivity contribution < 1.29 is 9.59 Å². The highest BCUT2D eigenvalue weighted by molar-refractivity contribution is 6.39. The number of aromatic nitrogens is 2. The van der Waals surface area contributed by atoms with E-state index in [9.17, 15) is 9.59 Å². The second-order valence-corrected chi connectivity index (χ2v) is 6.78. The minimum Gasteiger partial charge on any atom is -0.327 e. The third-order valence-corrected chi connectivity index (χ3v) is 4.87. The zero-order chi connectivity index (χ0) is 18.1. The number of carbonyl (C=O) groups excluding carboxylic acids is 2. The molecule has 1 saturated heterocycles. The van der Waals surface area contributed by atoms with Crippen LogP contribution >= 0.6 is 0 Å². The highest BCUT2D eigenvalue weighted by Crippen LogP contribution is 2.35. The highest BCUT2D eigenvalue weighted by atomic mass is 16.2. The average molecular weight is 340 g/mol. The molecule has 1 atom stereocenters. The Morgan fingerprint density at radius 1 is 1.24 bits per heavy atom. The van der Waals surface area contributed by atoms with Crippen molar-refractivity contribution in [1.82, 2.24) is 15.1 Å². The average Bonchev–Trinajstić information content (AvgIpc) is 3.16. The van der Waals surface area contributed by atoms with Crippen LogP contribution in [-0.4, -0.2) is 33.5 Å². The minimum atomic E-state index is -0.584. The number of aryl methyl sites for hydroxylation is 4. The molecule has 25 heavy (non-hydrogen) atoms. The molecule has 0 spiro atoms. The fourth-order valence-electron chi connectivity index (χ4n) is 3.54. The molecule has 0 radical (unpaired) electrons. The second kappa shape index (κ2) is 6.70. The lowest BCUT2D eigenvalue weighted by molar-refractivity contribution is -0.143. The van der Waals surface area contributed by atoms with E-state index >= 15 is 0 Å². The number of rotatable bonds is 2. The Hall–Kier alpha value is -2.63. The van der Waals surface area contributed by atoms with Crippen LogP contribution in [0, 0.1) is 27.7 Å². The first-order valence-electron chi connectivity index (χ1n) is 8.59. The van der Waals surface area contributed by atoms with Crippen LogP contribution in [0.15, 0.2) is 18.2 Å². The van der Waals surface area contributed by atoms with Crippen molar-refractivity contribution in [3.8, 4) is 0 Å². The van der Waals surface area contributed by atoms with Gasteiger partial charge in [0, 0.05) is 23.5 Å². The summed E-state index contributed by atoms with van der Waals surface area (Å²) in [6.45, 7) is 8.34. The van der Waals surface area contributed by atoms with Gasteiger partial charge in [-0.2, -0.15) is 5.10 Å². The van der Waals surface area contributed by atoms with Crippen molar-refractivity contribution in [2.24, 2.45) is 0 Å². The first-order valence-corrected chi connectivity index (χ1v) is 8.59. The summed E-state index contributed by atoms with van der Waals surface area (Å²) in [6.07, 6.45) is 1.74. The van der Waals surface area contributed by atoms with Crippen molar-refractivity contribution in [3.63, 3.8) is 0 Å². The van der Waals surface area contributed by atoms with Crippen LogP contribution in [0.4, 0.5) is 5.69 Å². The molecule has 0 saturated carbocycles. The van der Waals surface area contributed by atoms with Gasteiger partial charge in [-0.25, -0.2) is 0 Å². The third kappa shape index (κ3) is 3.29. The van der Waals surface area contributed by atoms with Crippen LogP contribution in [0.5, 0.6) is 0 Å². The molecule has 0 unspecified atom stereocenters. The molecule has 1 aromatic carbocycles. The fraction of sp³-hybridized carbons (Fsp3) is 0.421. The van der Waals surface area contributed by atoms with E-state index in [0.717, 1.165) is 40.9 Å². The Bertz CT molecular complexity index is 805. The number of carbonyl (C=O) groups is 2. The number of likely N-dealkylation sites (tertiary alicyclic amines) is 1. The first-order chi connectivity index (χ1) is 11.9. The van der Waals surface area contributed by atoms with E-state index in [-0.39, 0.29) is 6.04 Å². The van der Waals surface area contributed by atoms with E-state index < -0.39 is 11.8 Å². The quantitative estimate of drug-likeness (QED) is 0.825. The van der Waals surface area contributed by atoms with E-state index in [2.05, 4.69) is 15.5 Å². The Balaban J connectivity index is 1.79. The van der Waals surface area contributed by atoms with Gasteiger partial charge in [-0.3, -0.25) is 14.7 Å². The van der Waals surface area contributed by atoms with E-state index in [4.69, 9.17) is 0 Å². The summed E-state index contributed by atoms with van der Waals surface area (Å²) in [5, 5.41) is 9.96. The minimum absolute atomic E-state index is 0.0874. The number of amides is 2. The molecule has 0 aliphatic carbocycles. The molecule has 2 amide bonds. The van der Waals surface area contributed by atoms with Gasteiger partial charge < -0.3 is 10.2 Å². The van der Waals surface area contributed by atoms with Crippen molar-refractivity contribution in [3.05, 3.63) is 46.3 Å². The van der Waals surface area contributed by atoms with Gasteiger partial charge in [0.1, 0.15) is 0 Å². The molecule has 3 rings (SSSR count). The summed E-state index contributed by atoms with van der Waals surface area (Å²) in [5.74, 6) is -1.07. The summed E-state index contributed by atoms with van der Waals surface area (Å²) in [7, 11) is 0. The summed E-state index contributed by atoms with van der Waals surface area (Å²) >= 11 is 0. The first kappa shape index (κ1) is 17.2. The predicted octanol–water partition coefficient (Wildman–Crippen LogP) is 2.95. The lowest BCUT2D eigenvalue weighted by Crippen LogP contribution is -2.39. The molecule has 132 valence electrons.